The second-order valence-electron chi connectivity index (χ2n) is 5.34. The van der Waals surface area contributed by atoms with Crippen molar-refractivity contribution >= 4 is 12.2 Å². The third-order valence-corrected chi connectivity index (χ3v) is 3.20. The van der Waals surface area contributed by atoms with Crippen molar-refractivity contribution in [3.8, 4) is 11.4 Å². The molecule has 0 aliphatic rings. The summed E-state index contributed by atoms with van der Waals surface area (Å²) >= 11 is 5.14. The molecule has 0 spiro atoms. The van der Waals surface area contributed by atoms with E-state index in [2.05, 4.69) is 20.4 Å². The maximum atomic E-state index is 12.0. The summed E-state index contributed by atoms with van der Waals surface area (Å²) in [5.41, 5.74) is 0.868. The maximum Gasteiger partial charge on any atom is 0.275 e. The van der Waals surface area contributed by atoms with Gasteiger partial charge < -0.3 is 4.57 Å². The number of hydrogen-bond acceptors (Lipinski definition) is 4. The minimum absolute atomic E-state index is 0.150. The second-order valence-corrected chi connectivity index (χ2v) is 5.73. The number of nitrogens with zero attached hydrogens (tertiary/aromatic N) is 3. The number of rotatable bonds is 2. The Labute approximate surface area is 115 Å². The maximum absolute atomic E-state index is 12.0. The number of nitrogens with one attached hydrogen (secondary N) is 2. The van der Waals surface area contributed by atoms with E-state index < -0.39 is 0 Å². The average molecular weight is 279 g/mol. The van der Waals surface area contributed by atoms with Crippen LogP contribution < -0.4 is 5.56 Å². The molecule has 2 aromatic rings. The van der Waals surface area contributed by atoms with Gasteiger partial charge >= 0.3 is 0 Å². The molecule has 0 bridgehead atoms. The smallest absolute Gasteiger partial charge is 0.275 e. The molecule has 6 nitrogen and oxygen atoms in total. The van der Waals surface area contributed by atoms with Crippen molar-refractivity contribution in [3.05, 3.63) is 26.9 Å². The van der Waals surface area contributed by atoms with E-state index >= 15 is 0 Å². The number of H-pyrrole nitrogens is 2. The van der Waals surface area contributed by atoms with Crippen LogP contribution in [-0.4, -0.2) is 25.0 Å². The Morgan fingerprint density at radius 1 is 1.32 bits per heavy atom. The summed E-state index contributed by atoms with van der Waals surface area (Å²) in [6, 6.07) is 1.77. The van der Waals surface area contributed by atoms with Crippen LogP contribution in [0.2, 0.25) is 0 Å². The molecule has 19 heavy (non-hydrogen) atoms. The first kappa shape index (κ1) is 13.7. The SMILES string of the molecule is CCn1c(-c2cc(C(C)(C)C)n[nH]c2=O)n[nH]c1=S. The van der Waals surface area contributed by atoms with E-state index in [1.165, 1.54) is 0 Å². The standard InChI is InChI=1S/C12H17N5OS/c1-5-17-9(14-16-11(17)19)7-6-8(12(2,3)4)13-15-10(7)18/h6H,5H2,1-4H3,(H,15,18)(H,16,19). The van der Waals surface area contributed by atoms with E-state index in [9.17, 15) is 4.79 Å². The van der Waals surface area contributed by atoms with Gasteiger partial charge in [-0.1, -0.05) is 20.8 Å². The number of hydrogen-bond donors (Lipinski definition) is 2. The Kier molecular flexibility index (Phi) is 3.40. The summed E-state index contributed by atoms with van der Waals surface area (Å²) in [6.45, 7) is 8.71. The summed E-state index contributed by atoms with van der Waals surface area (Å²) < 4.78 is 2.29. The molecule has 0 saturated heterocycles. The molecule has 0 radical (unpaired) electrons. The Morgan fingerprint density at radius 3 is 2.58 bits per heavy atom. The van der Waals surface area contributed by atoms with Gasteiger partial charge in [-0.05, 0) is 25.2 Å². The van der Waals surface area contributed by atoms with Gasteiger partial charge in [0.25, 0.3) is 5.56 Å². The van der Waals surface area contributed by atoms with Crippen LogP contribution in [0.15, 0.2) is 10.9 Å². The quantitative estimate of drug-likeness (QED) is 0.824. The molecular formula is C12H17N5OS. The van der Waals surface area contributed by atoms with Crippen molar-refractivity contribution in [2.75, 3.05) is 0 Å². The molecule has 2 aromatic heterocycles. The molecule has 0 amide bonds. The normalized spacial score (nSPS) is 11.8. The second kappa shape index (κ2) is 4.73. The van der Waals surface area contributed by atoms with Gasteiger partial charge in [-0.15, -0.1) is 0 Å². The van der Waals surface area contributed by atoms with Crippen LogP contribution in [0.1, 0.15) is 33.4 Å². The van der Waals surface area contributed by atoms with Crippen LogP contribution in [-0.2, 0) is 12.0 Å². The van der Waals surface area contributed by atoms with E-state index in [4.69, 9.17) is 12.2 Å². The van der Waals surface area contributed by atoms with Crippen molar-refractivity contribution in [1.82, 2.24) is 25.0 Å². The highest BCUT2D eigenvalue weighted by molar-refractivity contribution is 7.71. The fourth-order valence-electron chi connectivity index (χ4n) is 1.77. The van der Waals surface area contributed by atoms with Crippen LogP contribution in [0.25, 0.3) is 11.4 Å². The van der Waals surface area contributed by atoms with Gasteiger partial charge in [0.2, 0.25) is 0 Å². The molecule has 0 fully saturated rings. The van der Waals surface area contributed by atoms with Gasteiger partial charge in [-0.3, -0.25) is 9.89 Å². The molecule has 2 rings (SSSR count). The lowest BCUT2D eigenvalue weighted by atomic mass is 9.91. The summed E-state index contributed by atoms with van der Waals surface area (Å²) in [6.07, 6.45) is 0. The van der Waals surface area contributed by atoms with Crippen LogP contribution >= 0.6 is 12.2 Å². The minimum atomic E-state index is -0.267. The van der Waals surface area contributed by atoms with Crippen molar-refractivity contribution < 1.29 is 0 Å². The summed E-state index contributed by atoms with van der Waals surface area (Å²) in [7, 11) is 0. The zero-order valence-electron chi connectivity index (χ0n) is 11.4. The third kappa shape index (κ3) is 2.51. The van der Waals surface area contributed by atoms with Crippen LogP contribution in [0.3, 0.4) is 0 Å². The molecule has 102 valence electrons. The van der Waals surface area contributed by atoms with Gasteiger partial charge in [0, 0.05) is 12.0 Å². The Morgan fingerprint density at radius 2 is 2.00 bits per heavy atom. The molecule has 0 atom stereocenters. The summed E-state index contributed by atoms with van der Waals surface area (Å²) in [4.78, 5) is 12.0. The van der Waals surface area contributed by atoms with Crippen LogP contribution in [0.4, 0.5) is 0 Å². The van der Waals surface area contributed by atoms with Crippen LogP contribution in [0.5, 0.6) is 0 Å². The Bertz CT molecular complexity index is 704. The van der Waals surface area contributed by atoms with E-state index in [-0.39, 0.29) is 11.0 Å². The van der Waals surface area contributed by atoms with Gasteiger partial charge in [0.05, 0.1) is 11.3 Å². The van der Waals surface area contributed by atoms with Crippen molar-refractivity contribution in [1.29, 1.82) is 0 Å². The lowest BCUT2D eigenvalue weighted by molar-refractivity contribution is 0.557. The highest BCUT2D eigenvalue weighted by Crippen LogP contribution is 2.22. The Hall–Kier alpha value is -1.76. The number of aromatic nitrogens is 5. The fraction of sp³-hybridized carbons (Fsp3) is 0.500. The zero-order chi connectivity index (χ0) is 14.2. The highest BCUT2D eigenvalue weighted by Gasteiger charge is 2.20. The molecule has 0 aromatic carbocycles. The van der Waals surface area contributed by atoms with Crippen LogP contribution in [0, 0.1) is 4.77 Å². The van der Waals surface area contributed by atoms with Gasteiger partial charge in [-0.2, -0.15) is 10.2 Å². The van der Waals surface area contributed by atoms with Gasteiger partial charge in [0.15, 0.2) is 10.6 Å². The molecule has 0 aliphatic heterocycles. The van der Waals surface area contributed by atoms with E-state index in [1.54, 1.807) is 10.6 Å². The molecular weight excluding hydrogens is 262 g/mol. The van der Waals surface area contributed by atoms with Crippen molar-refractivity contribution in [2.45, 2.75) is 39.7 Å². The molecule has 7 heteroatoms. The summed E-state index contributed by atoms with van der Waals surface area (Å²) in [5.74, 6) is 0.543. The van der Waals surface area contributed by atoms with Crippen molar-refractivity contribution in [2.24, 2.45) is 0 Å². The first-order valence-electron chi connectivity index (χ1n) is 6.10. The van der Waals surface area contributed by atoms with Crippen molar-refractivity contribution in [3.63, 3.8) is 0 Å². The lowest BCUT2D eigenvalue weighted by Gasteiger charge is -2.17. The molecule has 0 unspecified atom stereocenters. The molecule has 2 heterocycles. The zero-order valence-corrected chi connectivity index (χ0v) is 12.3. The predicted molar refractivity (Wildman–Crippen MR) is 75.6 cm³/mol. The monoisotopic (exact) mass is 279 g/mol. The molecule has 0 aliphatic carbocycles. The van der Waals surface area contributed by atoms with Gasteiger partial charge in [-0.25, -0.2) is 5.10 Å². The molecule has 0 saturated carbocycles. The fourth-order valence-corrected chi connectivity index (χ4v) is 2.03. The topological polar surface area (TPSA) is 79.4 Å². The first-order chi connectivity index (χ1) is 8.84. The highest BCUT2D eigenvalue weighted by atomic mass is 32.1. The van der Waals surface area contributed by atoms with E-state index in [1.807, 2.05) is 27.7 Å². The number of aromatic amines is 2. The molecule has 2 N–H and O–H groups in total. The summed E-state index contributed by atoms with van der Waals surface area (Å²) in [5, 5.41) is 13.5. The first-order valence-corrected chi connectivity index (χ1v) is 6.51. The lowest BCUT2D eigenvalue weighted by Crippen LogP contribution is -2.21. The van der Waals surface area contributed by atoms with E-state index in [0.717, 1.165) is 5.69 Å². The predicted octanol–water partition coefficient (Wildman–Crippen LogP) is 2.01. The average Bonchev–Trinajstić information content (AvgIpc) is 2.69. The Balaban J connectivity index is 2.68. The van der Waals surface area contributed by atoms with E-state index in [0.29, 0.717) is 22.7 Å². The van der Waals surface area contributed by atoms with Gasteiger partial charge in [0.1, 0.15) is 0 Å². The minimum Gasteiger partial charge on any atom is -0.300 e. The third-order valence-electron chi connectivity index (χ3n) is 2.89. The largest absolute Gasteiger partial charge is 0.300 e.